The molecule has 0 atom stereocenters. The van der Waals surface area contributed by atoms with E-state index in [4.69, 9.17) is 0 Å². The number of hydrogen-bond acceptors (Lipinski definition) is 6. The second-order valence-electron chi connectivity index (χ2n) is 12.6. The Kier molecular flexibility index (Phi) is 11.6. The van der Waals surface area contributed by atoms with Crippen LogP contribution < -0.4 is 10.2 Å². The van der Waals surface area contributed by atoms with Gasteiger partial charge < -0.3 is 20.0 Å². The molecule has 10 heteroatoms. The Balaban J connectivity index is 1.18. The number of para-hydroxylation sites is 1. The van der Waals surface area contributed by atoms with Crippen molar-refractivity contribution in [2.24, 2.45) is 0 Å². The zero-order valence-corrected chi connectivity index (χ0v) is 29.2. The molecule has 1 aliphatic rings. The molecule has 4 aromatic carbocycles. The van der Waals surface area contributed by atoms with Gasteiger partial charge in [-0.05, 0) is 80.4 Å². The molecule has 0 aliphatic carbocycles. The summed E-state index contributed by atoms with van der Waals surface area (Å²) in [6, 6.07) is 28.4. The van der Waals surface area contributed by atoms with Crippen molar-refractivity contribution >= 4 is 38.9 Å². The first-order valence-electron chi connectivity index (χ1n) is 16.7. The van der Waals surface area contributed by atoms with Crippen LogP contribution in [0.4, 0.5) is 11.4 Å². The molecular weight excluding hydrogens is 637 g/mol. The van der Waals surface area contributed by atoms with Gasteiger partial charge in [-0.3, -0.25) is 14.4 Å². The summed E-state index contributed by atoms with van der Waals surface area (Å²) in [7, 11) is -0.0953. The summed E-state index contributed by atoms with van der Waals surface area (Å²) in [5.41, 5.74) is 4.59. The molecule has 0 aromatic heterocycles. The minimum atomic E-state index is -3.69. The summed E-state index contributed by atoms with van der Waals surface area (Å²) in [5.74, 6) is -0.600. The Hall–Kier alpha value is -4.80. The number of piperazine rings is 1. The molecule has 0 radical (unpaired) electrons. The molecule has 1 N–H and O–H groups in total. The molecule has 0 bridgehead atoms. The number of aryl methyl sites for hydroxylation is 1. The van der Waals surface area contributed by atoms with Gasteiger partial charge in [-0.15, -0.1) is 0 Å². The molecule has 1 saturated heterocycles. The lowest BCUT2D eigenvalue weighted by Gasteiger charge is -2.32. The van der Waals surface area contributed by atoms with Crippen molar-refractivity contribution < 1.29 is 22.8 Å². The Morgan fingerprint density at radius 2 is 1.43 bits per heavy atom. The summed E-state index contributed by atoms with van der Waals surface area (Å²) < 4.78 is 26.9. The second kappa shape index (κ2) is 16.1. The average molecular weight is 681 g/mol. The molecule has 5 rings (SSSR count). The van der Waals surface area contributed by atoms with E-state index in [1.165, 1.54) is 11.0 Å². The maximum Gasteiger partial charge on any atom is 0.258 e. The molecule has 1 aliphatic heterocycles. The number of rotatable bonds is 12. The van der Waals surface area contributed by atoms with Crippen LogP contribution in [0, 0.1) is 6.92 Å². The minimum Gasteiger partial charge on any atom is -0.340 e. The quantitative estimate of drug-likeness (QED) is 0.176. The van der Waals surface area contributed by atoms with Crippen LogP contribution in [0.25, 0.3) is 11.1 Å². The topological polar surface area (TPSA) is 107 Å². The first-order valence-corrected chi connectivity index (χ1v) is 18.3. The number of amides is 3. The fourth-order valence-electron chi connectivity index (χ4n) is 5.93. The molecule has 49 heavy (non-hydrogen) atoms. The Labute approximate surface area is 289 Å². The molecule has 0 unspecified atom stereocenters. The van der Waals surface area contributed by atoms with Crippen molar-refractivity contribution in [3.05, 3.63) is 114 Å². The highest BCUT2D eigenvalue weighted by atomic mass is 32.2. The normalized spacial score (nSPS) is 13.6. The predicted octanol–water partition coefficient (Wildman–Crippen LogP) is 6.30. The zero-order valence-electron chi connectivity index (χ0n) is 28.4. The third-order valence-corrected chi connectivity index (χ3v) is 10.8. The molecule has 3 amide bonds. The number of benzene rings is 4. The lowest BCUT2D eigenvalue weighted by Crippen LogP contribution is -2.47. The Morgan fingerprint density at radius 3 is 2.14 bits per heavy atom. The van der Waals surface area contributed by atoms with Crippen LogP contribution in [0.5, 0.6) is 0 Å². The van der Waals surface area contributed by atoms with Crippen LogP contribution in [0.2, 0.25) is 0 Å². The number of sulfone groups is 1. The van der Waals surface area contributed by atoms with E-state index in [1.807, 2.05) is 61.3 Å². The molecule has 0 spiro atoms. The smallest absolute Gasteiger partial charge is 0.258 e. The van der Waals surface area contributed by atoms with Crippen molar-refractivity contribution in [3.8, 4) is 11.1 Å². The van der Waals surface area contributed by atoms with Gasteiger partial charge in [0.05, 0.1) is 16.3 Å². The van der Waals surface area contributed by atoms with Crippen molar-refractivity contribution in [2.45, 2.75) is 37.5 Å². The molecule has 9 nitrogen and oxygen atoms in total. The van der Waals surface area contributed by atoms with Gasteiger partial charge >= 0.3 is 0 Å². The van der Waals surface area contributed by atoms with E-state index in [-0.39, 0.29) is 28.4 Å². The number of nitrogens with zero attached hydrogens (tertiary/aromatic N) is 3. The third-order valence-electron chi connectivity index (χ3n) is 8.95. The van der Waals surface area contributed by atoms with Gasteiger partial charge in [0.15, 0.2) is 9.84 Å². The van der Waals surface area contributed by atoms with E-state index >= 15 is 0 Å². The van der Waals surface area contributed by atoms with Gasteiger partial charge in [-0.25, -0.2) is 8.42 Å². The fraction of sp³-hybridized carbons (Fsp3) is 0.308. The van der Waals surface area contributed by atoms with Crippen LogP contribution in [0.1, 0.15) is 52.0 Å². The number of carbonyl (C=O) groups is 3. The van der Waals surface area contributed by atoms with Gasteiger partial charge in [0.1, 0.15) is 0 Å². The molecule has 0 saturated carbocycles. The third kappa shape index (κ3) is 9.01. The van der Waals surface area contributed by atoms with Crippen molar-refractivity contribution in [3.63, 3.8) is 0 Å². The molecule has 1 fully saturated rings. The summed E-state index contributed by atoms with van der Waals surface area (Å²) in [6.07, 6.45) is 2.10. The number of hydrogen-bond donors (Lipinski definition) is 1. The summed E-state index contributed by atoms with van der Waals surface area (Å²) in [4.78, 5) is 44.8. The van der Waals surface area contributed by atoms with Crippen molar-refractivity contribution in [2.75, 3.05) is 56.2 Å². The lowest BCUT2D eigenvalue weighted by atomic mass is 9.98. The molecule has 256 valence electrons. The summed E-state index contributed by atoms with van der Waals surface area (Å²) in [6.45, 7) is 5.22. The molecular formula is C39H44N4O5S. The molecule has 1 heterocycles. The second-order valence-corrected chi connectivity index (χ2v) is 14.7. The first kappa shape index (κ1) is 35.5. The maximum atomic E-state index is 13.5. The van der Waals surface area contributed by atoms with Crippen LogP contribution in [-0.4, -0.2) is 82.0 Å². The van der Waals surface area contributed by atoms with Gasteiger partial charge in [0.2, 0.25) is 5.91 Å². The molecule has 4 aromatic rings. The van der Waals surface area contributed by atoms with Gasteiger partial charge in [-0.2, -0.15) is 0 Å². The number of nitrogens with one attached hydrogen (secondary N) is 1. The SMILES string of the molecule is Cc1ccc(-c2ccccc2C(=O)Nc2ccc(C(=O)N(C)c3ccccc3S(=O)(=O)CCCCCC(=O)N3CCN(C)CC3)cc2)cc1. The number of anilines is 2. The largest absolute Gasteiger partial charge is 0.340 e. The van der Waals surface area contributed by atoms with Gasteiger partial charge in [0, 0.05) is 56.5 Å². The zero-order chi connectivity index (χ0) is 35.0. The number of carbonyl (C=O) groups excluding carboxylic acids is 3. The average Bonchev–Trinajstić information content (AvgIpc) is 3.11. The number of unbranched alkanes of at least 4 members (excludes halogenated alkanes) is 2. The van der Waals surface area contributed by atoms with Gasteiger partial charge in [-0.1, -0.05) is 66.6 Å². The minimum absolute atomic E-state index is 0.0732. The first-order chi connectivity index (χ1) is 23.5. The van der Waals surface area contributed by atoms with Gasteiger partial charge in [0.25, 0.3) is 11.8 Å². The predicted molar refractivity (Wildman–Crippen MR) is 195 cm³/mol. The highest BCUT2D eigenvalue weighted by Gasteiger charge is 2.24. The Morgan fingerprint density at radius 1 is 0.776 bits per heavy atom. The summed E-state index contributed by atoms with van der Waals surface area (Å²) in [5, 5.41) is 2.92. The van der Waals surface area contributed by atoms with Crippen molar-refractivity contribution in [1.29, 1.82) is 0 Å². The highest BCUT2D eigenvalue weighted by molar-refractivity contribution is 7.91. The van der Waals surface area contributed by atoms with Crippen LogP contribution in [0.3, 0.4) is 0 Å². The van der Waals surface area contributed by atoms with Crippen molar-refractivity contribution in [1.82, 2.24) is 9.80 Å². The van der Waals surface area contributed by atoms with E-state index in [0.717, 1.165) is 42.9 Å². The van der Waals surface area contributed by atoms with Crippen LogP contribution in [0.15, 0.2) is 102 Å². The summed E-state index contributed by atoms with van der Waals surface area (Å²) >= 11 is 0. The van der Waals surface area contributed by atoms with E-state index in [9.17, 15) is 22.8 Å². The van der Waals surface area contributed by atoms with E-state index in [1.54, 1.807) is 55.6 Å². The van der Waals surface area contributed by atoms with Crippen LogP contribution in [-0.2, 0) is 14.6 Å². The Bertz CT molecular complexity index is 1880. The number of likely N-dealkylation sites (N-methyl/N-ethyl adjacent to an activating group) is 1. The van der Waals surface area contributed by atoms with E-state index in [0.29, 0.717) is 48.2 Å². The van der Waals surface area contributed by atoms with E-state index < -0.39 is 9.84 Å². The van der Waals surface area contributed by atoms with Crippen LogP contribution >= 0.6 is 0 Å². The fourth-order valence-corrected chi connectivity index (χ4v) is 7.54. The lowest BCUT2D eigenvalue weighted by molar-refractivity contribution is -0.132. The maximum absolute atomic E-state index is 13.5. The highest BCUT2D eigenvalue weighted by Crippen LogP contribution is 2.28. The van der Waals surface area contributed by atoms with E-state index in [2.05, 4.69) is 10.2 Å². The monoisotopic (exact) mass is 680 g/mol. The standard InChI is InChI=1S/C39H44N4O5S/c1-29-16-18-30(19-17-29)33-11-6-7-12-34(33)38(45)40-32-22-20-31(21-23-32)39(46)42(3)35-13-8-9-14-36(35)49(47,48)28-10-4-5-15-37(44)43-26-24-41(2)25-27-43/h6-9,11-14,16-23H,4-5,10,15,24-28H2,1-3H3,(H,40,45).